The molecule has 0 unspecified atom stereocenters. The number of hydrogen-bond acceptors (Lipinski definition) is 20. The molecule has 18 rings (SSSR count). The van der Waals surface area contributed by atoms with Gasteiger partial charge in [-0.3, -0.25) is 10.1 Å². The maximum Gasteiger partial charge on any atom is 0.246 e. The maximum absolute atomic E-state index is 5.59. The number of imidazole rings is 3. The number of nitrogens with one attached hydrogen (secondary N) is 5. The van der Waals surface area contributed by atoms with Crippen LogP contribution in [0.2, 0.25) is 0 Å². The molecule has 0 fully saturated rings. The third-order valence-electron chi connectivity index (χ3n) is 18.5. The summed E-state index contributed by atoms with van der Waals surface area (Å²) in [6.45, 7) is 77.6. The van der Waals surface area contributed by atoms with Crippen LogP contribution in [0.4, 0.5) is 11.6 Å². The van der Waals surface area contributed by atoms with Crippen molar-refractivity contribution < 1.29 is 9.15 Å². The SMILES string of the molecule is C.CC.CC.CC.CC.CC.CC.CC.CC.CC.CC(C)c1ccn2ncnc2c1.CC(C)c1ccnc2[nH]ncc12.CC(C)c1ccnc2c1CCCN2.CC(C)c1ccnc2c1OCCN2.CC(C)c1ccnc2ccnn12.CC(C)c1ccnc2nc[nH]c12.CC(C)c1ccnc2nc[nH]c12.CC(C)c1ccnc2ocnc12.CC(C)c1cncc2nccn12. The Labute approximate surface area is 774 Å². The molecule has 5 N–H and O–H groups in total. The number of nitrogens with zero attached hydrogens (tertiary/aromatic N) is 19. The lowest BCUT2D eigenvalue weighted by Crippen LogP contribution is -2.20. The van der Waals surface area contributed by atoms with Gasteiger partial charge in [-0.2, -0.15) is 15.3 Å². The van der Waals surface area contributed by atoms with Gasteiger partial charge in [0.1, 0.15) is 24.3 Å². The van der Waals surface area contributed by atoms with Crippen molar-refractivity contribution in [1.29, 1.82) is 0 Å². The summed E-state index contributed by atoms with van der Waals surface area (Å²) in [5.41, 5.74) is 21.7. The summed E-state index contributed by atoms with van der Waals surface area (Å²) in [7, 11) is 0. The monoisotopic (exact) mass is 1770 g/mol. The fourth-order valence-electron chi connectivity index (χ4n) is 12.6. The number of aromatic nitrogens is 22. The Morgan fingerprint density at radius 1 is 0.388 bits per heavy atom. The molecule has 16 aromatic rings. The second kappa shape index (κ2) is 66.4. The number of H-pyrrole nitrogens is 3. The van der Waals surface area contributed by atoms with Crippen LogP contribution in [0.3, 0.4) is 0 Å². The van der Waals surface area contributed by atoms with E-state index < -0.39 is 0 Å². The predicted octanol–water partition coefficient (Wildman–Crippen LogP) is 28.6. The van der Waals surface area contributed by atoms with E-state index in [1.54, 1.807) is 60.7 Å². The standard InChI is InChI=1S/C11H16N2.C10H14N2O.6C9H11N3.C9H10N2O.9C2H6.CH4/c1-8(2)9-5-7-13-11-10(9)4-3-6-12-11;1-7(2)8-3-4-11-10-9(8)13-6-5-12-10;1-7(2)8-3-5-10-9-4-6-11-12(8)9;1-7(2)8-5-10-6-9-11-3-4-12(8)9;1-7(2)8-3-4-12-9(5-8)10-6-11-12;2*1-6(2)7-3-4-10-9-8(7)11-5-12-9;1-6(2)7-3-4-10-9-8(7)5-11-12-9;1-6(2)7-3-4-10-9-8(7)11-5-12-9;9*1-2;/h5,7-8H,3-4,6H2,1-2H3,(H,12,13);3-4,7H,5-6H2,1-2H3,(H,11,12);3*3-7H,1-2H3;3*3-6H,1-2H3,(H,10,11,12);3-6H,1-2H3;9*1-2H3;1H4. The van der Waals surface area contributed by atoms with Crippen molar-refractivity contribution >= 4 is 73.2 Å². The first-order valence-electron chi connectivity index (χ1n) is 47.0. The highest BCUT2D eigenvalue weighted by Crippen LogP contribution is 2.34. The molecule has 0 aromatic carbocycles. The van der Waals surface area contributed by atoms with Crippen LogP contribution >= 0.6 is 0 Å². The van der Waals surface area contributed by atoms with Gasteiger partial charge in [0.15, 0.2) is 51.8 Å². The summed E-state index contributed by atoms with van der Waals surface area (Å²) in [4.78, 5) is 60.2. The van der Waals surface area contributed by atoms with Crippen LogP contribution in [0.5, 0.6) is 5.75 Å². The number of pyridine rings is 7. The van der Waals surface area contributed by atoms with Gasteiger partial charge < -0.3 is 34.2 Å². The number of anilines is 2. The second-order valence-electron chi connectivity index (χ2n) is 29.4. The molecule has 0 radical (unpaired) electrons. The summed E-state index contributed by atoms with van der Waals surface area (Å²) in [6.07, 6.45) is 34.5. The minimum Gasteiger partial charge on any atom is -0.488 e. The number of hydrogen-bond donors (Lipinski definition) is 5. The van der Waals surface area contributed by atoms with Crippen LogP contribution in [-0.4, -0.2) is 128 Å². The summed E-state index contributed by atoms with van der Waals surface area (Å²) in [6, 6.07) is 20.3. The highest BCUT2D eigenvalue weighted by atomic mass is 16.5. The molecular weight excluding hydrogens is 1610 g/mol. The van der Waals surface area contributed by atoms with E-state index in [4.69, 9.17) is 9.15 Å². The quantitative estimate of drug-likeness (QED) is 0.0896. The van der Waals surface area contributed by atoms with Gasteiger partial charge in [0.05, 0.1) is 48.8 Å². The predicted molar refractivity (Wildman–Crippen MR) is 547 cm³/mol. The summed E-state index contributed by atoms with van der Waals surface area (Å²) in [5.74, 6) is 7.53. The molecule has 16 aromatic heterocycles. The Bertz CT molecular complexity index is 4810. The number of fused-ring (bicyclic) bond motifs is 9. The third kappa shape index (κ3) is 35.9. The van der Waals surface area contributed by atoms with Gasteiger partial charge in [-0.1, -0.05) is 257 Å². The molecule has 26 heteroatoms. The molecule has 0 spiro atoms. The van der Waals surface area contributed by atoms with Crippen LogP contribution in [0, 0.1) is 0 Å². The van der Waals surface area contributed by atoms with Gasteiger partial charge in [0, 0.05) is 103 Å². The van der Waals surface area contributed by atoms with Crippen molar-refractivity contribution in [3.8, 4) is 5.75 Å². The van der Waals surface area contributed by atoms with Crippen molar-refractivity contribution in [1.82, 2.24) is 109 Å². The van der Waals surface area contributed by atoms with Crippen molar-refractivity contribution in [2.75, 3.05) is 30.3 Å². The number of ether oxygens (including phenoxy) is 1. The smallest absolute Gasteiger partial charge is 0.246 e. The van der Waals surface area contributed by atoms with Crippen LogP contribution in [0.1, 0.15) is 372 Å². The Hall–Kier alpha value is -12.0. The second-order valence-corrected chi connectivity index (χ2v) is 29.4. The number of oxazole rings is 1. The molecule has 2 aliphatic rings. The van der Waals surface area contributed by atoms with E-state index in [9.17, 15) is 0 Å². The van der Waals surface area contributed by atoms with Crippen LogP contribution in [-0.2, 0) is 6.42 Å². The van der Waals surface area contributed by atoms with Gasteiger partial charge in [0.2, 0.25) is 5.71 Å². The molecule has 26 nitrogen and oxygen atoms in total. The van der Waals surface area contributed by atoms with E-state index in [-0.39, 0.29) is 7.43 Å². The Morgan fingerprint density at radius 3 is 1.46 bits per heavy atom. The van der Waals surface area contributed by atoms with E-state index in [2.05, 4.69) is 253 Å². The first kappa shape index (κ1) is 117. The lowest BCUT2D eigenvalue weighted by molar-refractivity contribution is 0.316. The molecule has 0 atom stereocenters. The fourth-order valence-corrected chi connectivity index (χ4v) is 12.6. The molecule has 0 amide bonds. The average Bonchev–Trinajstić information content (AvgIpc) is 1.43. The first-order valence-corrected chi connectivity index (χ1v) is 47.0. The minimum atomic E-state index is 0. The number of rotatable bonds is 9. The van der Waals surface area contributed by atoms with E-state index in [0.29, 0.717) is 59.0 Å². The maximum atomic E-state index is 5.59. The molecule has 2 aliphatic heterocycles. The zero-order chi connectivity index (χ0) is 96.4. The topological polar surface area (TPSA) is 313 Å². The largest absolute Gasteiger partial charge is 0.488 e. The van der Waals surface area contributed by atoms with E-state index in [0.717, 1.165) is 92.9 Å². The Morgan fingerprint density at radius 2 is 0.891 bits per heavy atom. The summed E-state index contributed by atoms with van der Waals surface area (Å²) in [5, 5.41) is 22.7. The lowest BCUT2D eigenvalue weighted by atomic mass is 9.94. The highest BCUT2D eigenvalue weighted by molar-refractivity contribution is 5.78. The molecule has 0 saturated heterocycles. The fraction of sp³-hybridized carbons (Fsp3) is 0.495. The molecule has 129 heavy (non-hydrogen) atoms. The third-order valence-corrected chi connectivity index (χ3v) is 18.5. The van der Waals surface area contributed by atoms with E-state index in [1.165, 1.54) is 75.1 Å². The zero-order valence-electron chi connectivity index (χ0n) is 84.7. The average molecular weight is 1770 g/mol. The van der Waals surface area contributed by atoms with Crippen molar-refractivity contribution in [2.24, 2.45) is 0 Å². The Kier molecular flexibility index (Phi) is 60.3. The molecular formula is C103H164N24O2. The molecule has 0 aliphatic carbocycles. The van der Waals surface area contributed by atoms with Crippen LogP contribution < -0.4 is 15.4 Å². The van der Waals surface area contributed by atoms with Gasteiger partial charge in [-0.05, 0) is 160 Å². The normalized spacial score (nSPS) is 10.8. The Balaban J connectivity index is 0.00000140. The first-order chi connectivity index (χ1) is 62.1. The molecule has 708 valence electrons. The van der Waals surface area contributed by atoms with E-state index >= 15 is 0 Å². The van der Waals surface area contributed by atoms with Crippen molar-refractivity contribution in [3.63, 3.8) is 0 Å². The van der Waals surface area contributed by atoms with Crippen molar-refractivity contribution in [3.05, 3.63) is 229 Å². The zero-order valence-corrected chi connectivity index (χ0v) is 84.7. The van der Waals surface area contributed by atoms with Gasteiger partial charge >= 0.3 is 0 Å². The van der Waals surface area contributed by atoms with Gasteiger partial charge in [-0.15, -0.1) is 0 Å². The van der Waals surface area contributed by atoms with Crippen LogP contribution in [0.15, 0.2) is 177 Å². The van der Waals surface area contributed by atoms with Crippen LogP contribution in [0.25, 0.3) is 61.5 Å². The van der Waals surface area contributed by atoms with Crippen molar-refractivity contribution in [2.45, 2.75) is 323 Å². The van der Waals surface area contributed by atoms with Gasteiger partial charge in [0.25, 0.3) is 0 Å². The summed E-state index contributed by atoms with van der Waals surface area (Å²) >= 11 is 0. The summed E-state index contributed by atoms with van der Waals surface area (Å²) < 4.78 is 16.4. The van der Waals surface area contributed by atoms with E-state index in [1.807, 2.05) is 221 Å². The highest BCUT2D eigenvalue weighted by Gasteiger charge is 2.19. The lowest BCUT2D eigenvalue weighted by Gasteiger charge is -2.21. The number of aromatic amines is 3. The minimum absolute atomic E-state index is 0. The molecule has 0 saturated carbocycles. The molecule has 18 heterocycles. The molecule has 0 bridgehead atoms. The van der Waals surface area contributed by atoms with Gasteiger partial charge in [-0.25, -0.2) is 68.8 Å².